The number of ether oxygens (including phenoxy) is 1. The number of imidazole rings is 1. The summed E-state index contributed by atoms with van der Waals surface area (Å²) in [4.78, 5) is 49.5. The van der Waals surface area contributed by atoms with Gasteiger partial charge in [0.2, 0.25) is 5.91 Å². The third-order valence-electron chi connectivity index (χ3n) is 4.72. The van der Waals surface area contributed by atoms with Crippen molar-refractivity contribution in [1.82, 2.24) is 9.13 Å². The van der Waals surface area contributed by atoms with Crippen LogP contribution in [0.15, 0.2) is 41.3 Å². The molecule has 3 N–H and O–H groups in total. The number of rotatable bonds is 9. The molecule has 0 amide bonds. The Morgan fingerprint density at radius 3 is 2.38 bits per heavy atom. The first-order valence-corrected chi connectivity index (χ1v) is 9.28. The third kappa shape index (κ3) is 5.00. The Balaban J connectivity index is 2.39. The number of carbonyl (C=O) groups excluding carboxylic acids is 2. The molecular formula is C20H25N3O6. The number of carbonyl (C=O) groups is 3. The minimum Gasteiger partial charge on any atom is -0.477 e. The first-order valence-electron chi connectivity index (χ1n) is 9.28. The molecule has 0 radical (unpaired) electrons. The van der Waals surface area contributed by atoms with Crippen molar-refractivity contribution in [3.8, 4) is 0 Å². The second kappa shape index (κ2) is 9.83. The molecule has 0 aliphatic carbocycles. The van der Waals surface area contributed by atoms with E-state index >= 15 is 0 Å². The van der Waals surface area contributed by atoms with Gasteiger partial charge in [0, 0.05) is 19.8 Å². The molecule has 156 valence electrons. The van der Waals surface area contributed by atoms with Crippen molar-refractivity contribution >= 4 is 17.8 Å². The van der Waals surface area contributed by atoms with Gasteiger partial charge in [0.25, 0.3) is 0 Å². The molecule has 0 fully saturated rings. The van der Waals surface area contributed by atoms with Crippen molar-refractivity contribution in [1.29, 1.82) is 0 Å². The van der Waals surface area contributed by atoms with Crippen molar-refractivity contribution < 1.29 is 24.2 Å². The molecule has 0 unspecified atom stereocenters. The van der Waals surface area contributed by atoms with Crippen LogP contribution in [-0.4, -0.2) is 45.2 Å². The fourth-order valence-electron chi connectivity index (χ4n) is 3.22. The molecule has 29 heavy (non-hydrogen) atoms. The highest BCUT2D eigenvalue weighted by molar-refractivity contribution is 5.94. The summed E-state index contributed by atoms with van der Waals surface area (Å²) in [5, 5.41) is 9.34. The van der Waals surface area contributed by atoms with Gasteiger partial charge in [0.05, 0.1) is 18.4 Å². The number of esters is 1. The number of nitrogens with two attached hydrogens (primary N) is 1. The molecule has 0 bridgehead atoms. The van der Waals surface area contributed by atoms with Gasteiger partial charge in [-0.05, 0) is 25.3 Å². The van der Waals surface area contributed by atoms with E-state index in [0.717, 1.165) is 16.3 Å². The Morgan fingerprint density at radius 2 is 1.83 bits per heavy atom. The Bertz CT molecular complexity index is 931. The predicted molar refractivity (Wildman–Crippen MR) is 105 cm³/mol. The maximum atomic E-state index is 13.1. The molecular weight excluding hydrogens is 378 g/mol. The summed E-state index contributed by atoms with van der Waals surface area (Å²) in [6.07, 6.45) is 1.81. The lowest BCUT2D eigenvalue weighted by Crippen LogP contribution is -2.43. The van der Waals surface area contributed by atoms with Gasteiger partial charge in [-0.15, -0.1) is 0 Å². The van der Waals surface area contributed by atoms with E-state index in [9.17, 15) is 24.3 Å². The fraction of sp³-hybridized carbons (Fsp3) is 0.400. The van der Waals surface area contributed by atoms with Crippen LogP contribution in [-0.2, 0) is 23.0 Å². The van der Waals surface area contributed by atoms with E-state index in [1.54, 1.807) is 6.92 Å². The zero-order valence-corrected chi connectivity index (χ0v) is 16.4. The molecule has 2 atom stereocenters. The first kappa shape index (κ1) is 22.1. The number of hydrogen-bond acceptors (Lipinski definition) is 6. The van der Waals surface area contributed by atoms with Gasteiger partial charge < -0.3 is 20.1 Å². The predicted octanol–water partition coefficient (Wildman–Crippen LogP) is 0.912. The molecule has 1 heterocycles. The van der Waals surface area contributed by atoms with Gasteiger partial charge in [-0.1, -0.05) is 30.3 Å². The quantitative estimate of drug-likeness (QED) is 0.595. The van der Waals surface area contributed by atoms with E-state index < -0.39 is 41.1 Å². The zero-order valence-electron chi connectivity index (χ0n) is 16.4. The van der Waals surface area contributed by atoms with Gasteiger partial charge in [0.15, 0.2) is 5.69 Å². The van der Waals surface area contributed by atoms with Crippen LogP contribution in [0.5, 0.6) is 0 Å². The molecule has 2 aromatic rings. The normalized spacial score (nSPS) is 12.9. The van der Waals surface area contributed by atoms with Crippen LogP contribution in [0.1, 0.15) is 34.2 Å². The minimum absolute atomic E-state index is 0.123. The molecule has 0 saturated carbocycles. The second-order valence-electron chi connectivity index (χ2n) is 6.61. The fourth-order valence-corrected chi connectivity index (χ4v) is 3.22. The summed E-state index contributed by atoms with van der Waals surface area (Å²) in [5.41, 5.74) is 5.48. The van der Waals surface area contributed by atoms with E-state index in [0.29, 0.717) is 11.0 Å². The monoisotopic (exact) mass is 403 g/mol. The number of aromatic carboxylic acids is 1. The van der Waals surface area contributed by atoms with Crippen molar-refractivity contribution in [3.05, 3.63) is 58.3 Å². The van der Waals surface area contributed by atoms with Crippen LogP contribution in [0.25, 0.3) is 0 Å². The lowest BCUT2D eigenvalue weighted by molar-refractivity contribution is -0.149. The largest absolute Gasteiger partial charge is 0.477 e. The molecule has 1 aromatic carbocycles. The van der Waals surface area contributed by atoms with Gasteiger partial charge in [0.1, 0.15) is 0 Å². The molecule has 0 aliphatic rings. The van der Waals surface area contributed by atoms with Crippen LogP contribution in [0.3, 0.4) is 0 Å². The van der Waals surface area contributed by atoms with E-state index in [4.69, 9.17) is 10.5 Å². The van der Waals surface area contributed by atoms with Crippen molar-refractivity contribution in [3.63, 3.8) is 0 Å². The van der Waals surface area contributed by atoms with Crippen LogP contribution < -0.4 is 11.4 Å². The molecule has 9 heteroatoms. The van der Waals surface area contributed by atoms with Crippen LogP contribution in [0, 0.1) is 11.8 Å². The standard InChI is InChI=1S/C20H25N3O6/c1-3-29-19(27)14(10-9-13-7-5-4-6-8-13)15(11-21)17(24)23-16(18(25)26)12-22(2)20(23)28/h4-8,12,14-15H,3,9-11,21H2,1-2H3,(H,25,26)/t14-,15+/m0/s1. The highest BCUT2D eigenvalue weighted by Crippen LogP contribution is 2.22. The highest BCUT2D eigenvalue weighted by Gasteiger charge is 2.37. The number of carboxylic acid groups (broad SMARTS) is 1. The van der Waals surface area contributed by atoms with Crippen molar-refractivity contribution in [2.24, 2.45) is 24.6 Å². The Labute approximate surface area is 167 Å². The average Bonchev–Trinajstić information content (AvgIpc) is 3.00. The van der Waals surface area contributed by atoms with Crippen molar-refractivity contribution in [2.45, 2.75) is 19.8 Å². The third-order valence-corrected chi connectivity index (χ3v) is 4.72. The minimum atomic E-state index is -1.43. The summed E-state index contributed by atoms with van der Waals surface area (Å²) in [6.45, 7) is 1.53. The number of aryl methyl sites for hydroxylation is 2. The smallest absolute Gasteiger partial charge is 0.354 e. The van der Waals surface area contributed by atoms with E-state index in [1.807, 2.05) is 30.3 Å². The summed E-state index contributed by atoms with van der Waals surface area (Å²) in [5.74, 6) is -4.88. The molecule has 0 saturated heterocycles. The van der Waals surface area contributed by atoms with Crippen LogP contribution in [0.2, 0.25) is 0 Å². The van der Waals surface area contributed by atoms with Crippen LogP contribution in [0.4, 0.5) is 0 Å². The summed E-state index contributed by atoms with van der Waals surface area (Å²) < 4.78 is 6.68. The van der Waals surface area contributed by atoms with Gasteiger partial charge >= 0.3 is 17.6 Å². The zero-order chi connectivity index (χ0) is 21.6. The number of aromatic nitrogens is 2. The number of hydrogen-bond donors (Lipinski definition) is 2. The topological polar surface area (TPSA) is 134 Å². The second-order valence-corrected chi connectivity index (χ2v) is 6.61. The molecule has 1 aromatic heterocycles. The molecule has 0 spiro atoms. The first-order chi connectivity index (χ1) is 13.8. The lowest BCUT2D eigenvalue weighted by atomic mass is 9.86. The molecule has 9 nitrogen and oxygen atoms in total. The summed E-state index contributed by atoms with van der Waals surface area (Å²) >= 11 is 0. The highest BCUT2D eigenvalue weighted by atomic mass is 16.5. The van der Waals surface area contributed by atoms with Crippen LogP contribution >= 0.6 is 0 Å². The Kier molecular flexibility index (Phi) is 7.49. The van der Waals surface area contributed by atoms with Gasteiger partial charge in [-0.25, -0.2) is 14.2 Å². The van der Waals surface area contributed by atoms with E-state index in [1.165, 1.54) is 7.05 Å². The van der Waals surface area contributed by atoms with Gasteiger partial charge in [-0.2, -0.15) is 0 Å². The summed E-state index contributed by atoms with van der Waals surface area (Å²) in [7, 11) is 1.34. The SMILES string of the molecule is CCOC(=O)[C@@H](CCc1ccccc1)[C@@H](CN)C(=O)n1c(C(=O)O)cn(C)c1=O. The van der Waals surface area contributed by atoms with E-state index in [2.05, 4.69) is 0 Å². The summed E-state index contributed by atoms with van der Waals surface area (Å²) in [6, 6.07) is 9.39. The maximum absolute atomic E-state index is 13.1. The number of carboxylic acids is 1. The number of benzene rings is 1. The molecule has 2 rings (SSSR count). The maximum Gasteiger partial charge on any atom is 0.354 e. The van der Waals surface area contributed by atoms with E-state index in [-0.39, 0.29) is 19.6 Å². The lowest BCUT2D eigenvalue weighted by Gasteiger charge is -2.23. The van der Waals surface area contributed by atoms with Crippen molar-refractivity contribution in [2.75, 3.05) is 13.2 Å². The average molecular weight is 403 g/mol. The Hall–Kier alpha value is -3.20. The number of nitrogens with zero attached hydrogens (tertiary/aromatic N) is 2. The Morgan fingerprint density at radius 1 is 1.17 bits per heavy atom. The van der Waals surface area contributed by atoms with Gasteiger partial charge in [-0.3, -0.25) is 9.59 Å². The molecule has 0 aliphatic heterocycles.